The highest BCUT2D eigenvalue weighted by Crippen LogP contribution is 2.44. The van der Waals surface area contributed by atoms with Crippen molar-refractivity contribution in [3.63, 3.8) is 0 Å². The third kappa shape index (κ3) is 3.73. The Bertz CT molecular complexity index is 1130. The molecule has 0 saturated heterocycles. The summed E-state index contributed by atoms with van der Waals surface area (Å²) in [4.78, 5) is 13.3. The quantitative estimate of drug-likeness (QED) is 0.527. The minimum Gasteiger partial charge on any atom is -0.493 e. The lowest BCUT2D eigenvalue weighted by Gasteiger charge is -2.25. The first kappa shape index (κ1) is 20.2. The smallest absolute Gasteiger partial charge is 0.304 e. The van der Waals surface area contributed by atoms with E-state index in [2.05, 4.69) is 47.5 Å². The normalized spacial score (nSPS) is 18.3. The third-order valence-corrected chi connectivity index (χ3v) is 6.12. The standard InChI is InChI=1S/C26H26N2O4/c1-2-28(19-7-4-3-5-8-19)23-10-6-9-21-22(16-32-26(21)23)27-18-11-12-20-17(13-25(29)30)15-31-24(20)14-18/h3-12,14,17,22,27H,2,13,15-16H2,1H3,(H,29,30). The number of hydrogen-bond donors (Lipinski definition) is 2. The molecular formula is C26H26N2O4. The number of benzene rings is 3. The van der Waals surface area contributed by atoms with Crippen LogP contribution in [0.5, 0.6) is 11.5 Å². The lowest BCUT2D eigenvalue weighted by Crippen LogP contribution is -2.16. The summed E-state index contributed by atoms with van der Waals surface area (Å²) in [5.74, 6) is 0.776. The second-order valence-electron chi connectivity index (χ2n) is 8.14. The van der Waals surface area contributed by atoms with Crippen LogP contribution in [0.2, 0.25) is 0 Å². The number of fused-ring (bicyclic) bond motifs is 2. The number of nitrogens with one attached hydrogen (secondary N) is 1. The van der Waals surface area contributed by atoms with Gasteiger partial charge in [0, 0.05) is 41.0 Å². The maximum Gasteiger partial charge on any atom is 0.304 e. The fourth-order valence-corrected chi connectivity index (χ4v) is 4.61. The van der Waals surface area contributed by atoms with Crippen molar-refractivity contribution in [2.75, 3.05) is 30.0 Å². The van der Waals surface area contributed by atoms with Gasteiger partial charge in [-0.15, -0.1) is 0 Å². The van der Waals surface area contributed by atoms with E-state index in [-0.39, 0.29) is 18.4 Å². The van der Waals surface area contributed by atoms with Crippen LogP contribution in [0.4, 0.5) is 17.1 Å². The molecule has 0 fully saturated rings. The topological polar surface area (TPSA) is 71.0 Å². The number of nitrogens with zero attached hydrogens (tertiary/aromatic N) is 1. The molecule has 32 heavy (non-hydrogen) atoms. The average molecular weight is 431 g/mol. The molecule has 2 unspecified atom stereocenters. The number of hydrogen-bond acceptors (Lipinski definition) is 5. The number of anilines is 3. The fourth-order valence-electron chi connectivity index (χ4n) is 4.61. The average Bonchev–Trinajstić information content (AvgIpc) is 3.39. The molecule has 2 atom stereocenters. The lowest BCUT2D eigenvalue weighted by atomic mass is 9.97. The lowest BCUT2D eigenvalue weighted by molar-refractivity contribution is -0.137. The monoisotopic (exact) mass is 430 g/mol. The highest BCUT2D eigenvalue weighted by molar-refractivity contribution is 5.73. The van der Waals surface area contributed by atoms with Crippen molar-refractivity contribution in [1.29, 1.82) is 0 Å². The van der Waals surface area contributed by atoms with Crippen molar-refractivity contribution >= 4 is 23.0 Å². The minimum atomic E-state index is -0.805. The molecule has 2 aliphatic heterocycles. The molecule has 164 valence electrons. The van der Waals surface area contributed by atoms with Crippen molar-refractivity contribution < 1.29 is 19.4 Å². The predicted octanol–water partition coefficient (Wildman–Crippen LogP) is 5.34. The van der Waals surface area contributed by atoms with E-state index in [0.29, 0.717) is 13.2 Å². The van der Waals surface area contributed by atoms with Gasteiger partial charge in [-0.05, 0) is 31.2 Å². The maximum atomic E-state index is 11.1. The second kappa shape index (κ2) is 8.46. The molecule has 0 amide bonds. The van der Waals surface area contributed by atoms with Gasteiger partial charge in [0.15, 0.2) is 0 Å². The minimum absolute atomic E-state index is 0.0219. The number of para-hydroxylation sites is 2. The van der Waals surface area contributed by atoms with Gasteiger partial charge in [-0.25, -0.2) is 0 Å². The second-order valence-corrected chi connectivity index (χ2v) is 8.14. The molecular weight excluding hydrogens is 404 g/mol. The van der Waals surface area contributed by atoms with Crippen molar-refractivity contribution in [1.82, 2.24) is 0 Å². The molecule has 2 N–H and O–H groups in total. The summed E-state index contributed by atoms with van der Waals surface area (Å²) in [6.07, 6.45) is 0.0851. The predicted molar refractivity (Wildman–Crippen MR) is 124 cm³/mol. The van der Waals surface area contributed by atoms with Gasteiger partial charge in [0.05, 0.1) is 24.8 Å². The van der Waals surface area contributed by atoms with Crippen LogP contribution < -0.4 is 19.7 Å². The summed E-state index contributed by atoms with van der Waals surface area (Å²) in [5.41, 5.74) is 5.22. The van der Waals surface area contributed by atoms with Crippen LogP contribution in [-0.4, -0.2) is 30.8 Å². The first-order valence-corrected chi connectivity index (χ1v) is 11.0. The van der Waals surface area contributed by atoms with Gasteiger partial charge in [-0.3, -0.25) is 4.79 Å². The van der Waals surface area contributed by atoms with Crippen molar-refractivity contribution in [2.24, 2.45) is 0 Å². The summed E-state index contributed by atoms with van der Waals surface area (Å²) in [6, 6.07) is 22.6. The Morgan fingerprint density at radius 3 is 2.66 bits per heavy atom. The maximum absolute atomic E-state index is 11.1. The zero-order valence-corrected chi connectivity index (χ0v) is 18.0. The molecule has 2 heterocycles. The Labute approximate surface area is 187 Å². The number of carboxylic acids is 1. The molecule has 0 aliphatic carbocycles. The first-order valence-electron chi connectivity index (χ1n) is 11.0. The Morgan fingerprint density at radius 2 is 1.88 bits per heavy atom. The van der Waals surface area contributed by atoms with Crippen LogP contribution in [0, 0.1) is 0 Å². The van der Waals surface area contributed by atoms with E-state index in [9.17, 15) is 4.79 Å². The number of carboxylic acid groups (broad SMARTS) is 1. The number of ether oxygens (including phenoxy) is 2. The molecule has 0 bridgehead atoms. The number of carbonyl (C=O) groups is 1. The molecule has 0 aromatic heterocycles. The molecule has 0 saturated carbocycles. The van der Waals surface area contributed by atoms with Crippen LogP contribution in [-0.2, 0) is 4.79 Å². The van der Waals surface area contributed by atoms with Crippen molar-refractivity contribution in [3.8, 4) is 11.5 Å². The Morgan fingerprint density at radius 1 is 1.03 bits per heavy atom. The van der Waals surface area contributed by atoms with E-state index in [1.54, 1.807) is 0 Å². The summed E-state index contributed by atoms with van der Waals surface area (Å²) in [5, 5.41) is 12.7. The number of aliphatic carboxylic acids is 1. The highest BCUT2D eigenvalue weighted by atomic mass is 16.5. The van der Waals surface area contributed by atoms with E-state index >= 15 is 0 Å². The van der Waals surface area contributed by atoms with Gasteiger partial charge in [-0.1, -0.05) is 36.4 Å². The van der Waals surface area contributed by atoms with Gasteiger partial charge < -0.3 is 24.8 Å². The molecule has 0 radical (unpaired) electrons. The zero-order chi connectivity index (χ0) is 22.1. The van der Waals surface area contributed by atoms with Gasteiger partial charge in [-0.2, -0.15) is 0 Å². The molecule has 3 aromatic carbocycles. The van der Waals surface area contributed by atoms with E-state index in [0.717, 1.165) is 46.2 Å². The molecule has 2 aliphatic rings. The molecule has 0 spiro atoms. The number of rotatable bonds is 7. The Kier molecular flexibility index (Phi) is 5.35. The van der Waals surface area contributed by atoms with Crippen molar-refractivity contribution in [3.05, 3.63) is 77.9 Å². The summed E-state index contributed by atoms with van der Waals surface area (Å²) in [7, 11) is 0. The summed E-state index contributed by atoms with van der Waals surface area (Å²) >= 11 is 0. The van der Waals surface area contributed by atoms with Crippen LogP contribution in [0.3, 0.4) is 0 Å². The zero-order valence-electron chi connectivity index (χ0n) is 18.0. The molecule has 6 nitrogen and oxygen atoms in total. The van der Waals surface area contributed by atoms with Crippen LogP contribution in [0.25, 0.3) is 0 Å². The fraction of sp³-hybridized carbons (Fsp3) is 0.269. The molecule has 6 heteroatoms. The Hall–Kier alpha value is -3.67. The van der Waals surface area contributed by atoms with E-state index in [1.807, 2.05) is 36.4 Å². The SMILES string of the molecule is CCN(c1ccccc1)c1cccc2c1OCC2Nc1ccc2c(c1)OCC2CC(=O)O. The van der Waals surface area contributed by atoms with E-state index in [4.69, 9.17) is 14.6 Å². The third-order valence-electron chi connectivity index (χ3n) is 6.12. The van der Waals surface area contributed by atoms with Crippen LogP contribution in [0.15, 0.2) is 66.7 Å². The summed E-state index contributed by atoms with van der Waals surface area (Å²) < 4.78 is 11.9. The van der Waals surface area contributed by atoms with Gasteiger partial charge in [0.25, 0.3) is 0 Å². The van der Waals surface area contributed by atoms with E-state index in [1.165, 1.54) is 0 Å². The van der Waals surface area contributed by atoms with Crippen LogP contribution in [0.1, 0.15) is 36.4 Å². The largest absolute Gasteiger partial charge is 0.493 e. The Balaban J connectivity index is 1.38. The highest BCUT2D eigenvalue weighted by Gasteiger charge is 2.30. The van der Waals surface area contributed by atoms with Gasteiger partial charge in [0.2, 0.25) is 0 Å². The van der Waals surface area contributed by atoms with Crippen molar-refractivity contribution in [2.45, 2.75) is 25.3 Å². The first-order chi connectivity index (χ1) is 15.6. The van der Waals surface area contributed by atoms with Crippen LogP contribution >= 0.6 is 0 Å². The summed E-state index contributed by atoms with van der Waals surface area (Å²) in [6.45, 7) is 3.93. The van der Waals surface area contributed by atoms with Gasteiger partial charge in [0.1, 0.15) is 18.1 Å². The van der Waals surface area contributed by atoms with Gasteiger partial charge >= 0.3 is 5.97 Å². The molecule has 3 aromatic rings. The molecule has 5 rings (SSSR count). The van der Waals surface area contributed by atoms with E-state index < -0.39 is 5.97 Å².